The van der Waals surface area contributed by atoms with E-state index in [4.69, 9.17) is 4.74 Å². The van der Waals surface area contributed by atoms with Crippen molar-refractivity contribution in [1.82, 2.24) is 24.6 Å². The molecule has 1 aromatic rings. The Morgan fingerprint density at radius 2 is 2.04 bits per heavy atom. The van der Waals surface area contributed by atoms with Gasteiger partial charge in [0, 0.05) is 32.1 Å². The second-order valence-corrected chi connectivity index (χ2v) is 6.98. The van der Waals surface area contributed by atoms with Gasteiger partial charge in [-0.2, -0.15) is 0 Å². The molecule has 1 amide bonds. The molecule has 8 heteroatoms. The number of carbonyl (C=O) groups is 1. The molecule has 0 bridgehead atoms. The molecule has 132 valence electrons. The van der Waals surface area contributed by atoms with Crippen LogP contribution >= 0.6 is 0 Å². The predicted molar refractivity (Wildman–Crippen MR) is 84.1 cm³/mol. The minimum atomic E-state index is -0.960. The minimum Gasteiger partial charge on any atom is -0.378 e. The highest BCUT2D eigenvalue weighted by Crippen LogP contribution is 2.37. The van der Waals surface area contributed by atoms with Crippen LogP contribution in [-0.4, -0.2) is 75.5 Å². The van der Waals surface area contributed by atoms with Crippen molar-refractivity contribution >= 4 is 5.91 Å². The smallest absolute Gasteiger partial charge is 0.240 e. The molecule has 24 heavy (non-hydrogen) atoms. The molecule has 0 N–H and O–H groups in total. The van der Waals surface area contributed by atoms with Crippen molar-refractivity contribution in [3.8, 4) is 0 Å². The van der Waals surface area contributed by atoms with Crippen LogP contribution in [0.15, 0.2) is 0 Å². The Bertz CT molecular complexity index is 612. The van der Waals surface area contributed by atoms with Crippen molar-refractivity contribution < 1.29 is 13.9 Å². The van der Waals surface area contributed by atoms with E-state index >= 15 is 0 Å². The molecular weight excluding hydrogens is 313 g/mol. The van der Waals surface area contributed by atoms with Crippen molar-refractivity contribution in [2.45, 2.75) is 51.0 Å². The Hall–Kier alpha value is -1.54. The molecule has 1 aliphatic carbocycles. The Balaban J connectivity index is 1.49. The van der Waals surface area contributed by atoms with Gasteiger partial charge in [0.05, 0.1) is 25.8 Å². The summed E-state index contributed by atoms with van der Waals surface area (Å²) in [4.78, 5) is 16.5. The van der Waals surface area contributed by atoms with Gasteiger partial charge in [-0.3, -0.25) is 9.69 Å². The van der Waals surface area contributed by atoms with Crippen LogP contribution in [0.25, 0.3) is 0 Å². The molecule has 4 rings (SSSR count). The van der Waals surface area contributed by atoms with Gasteiger partial charge in [-0.25, -0.2) is 4.39 Å². The number of carbonyl (C=O) groups excluding carboxylic acids is 1. The van der Waals surface area contributed by atoms with Gasteiger partial charge in [0.1, 0.15) is 17.8 Å². The van der Waals surface area contributed by atoms with E-state index in [2.05, 4.69) is 14.8 Å². The highest BCUT2D eigenvalue weighted by atomic mass is 19.1. The molecule has 1 saturated carbocycles. The van der Waals surface area contributed by atoms with Crippen molar-refractivity contribution in [2.24, 2.45) is 0 Å². The van der Waals surface area contributed by atoms with Crippen LogP contribution in [0.2, 0.25) is 0 Å². The first-order valence-electron chi connectivity index (χ1n) is 8.78. The van der Waals surface area contributed by atoms with E-state index in [0.717, 1.165) is 24.5 Å². The number of amides is 1. The lowest BCUT2D eigenvalue weighted by molar-refractivity contribution is -0.140. The Morgan fingerprint density at radius 1 is 1.29 bits per heavy atom. The molecule has 3 heterocycles. The molecule has 0 aromatic carbocycles. The number of alkyl halides is 1. The van der Waals surface area contributed by atoms with Crippen LogP contribution in [0.5, 0.6) is 0 Å². The number of ether oxygens (including phenoxy) is 1. The molecule has 3 fully saturated rings. The van der Waals surface area contributed by atoms with Crippen molar-refractivity contribution in [3.63, 3.8) is 0 Å². The lowest BCUT2D eigenvalue weighted by Crippen LogP contribution is -2.49. The summed E-state index contributed by atoms with van der Waals surface area (Å²) in [5.41, 5.74) is 0. The van der Waals surface area contributed by atoms with Crippen LogP contribution in [0.4, 0.5) is 4.39 Å². The summed E-state index contributed by atoms with van der Waals surface area (Å²) in [6.07, 6.45) is 1.60. The number of hydrogen-bond acceptors (Lipinski definition) is 5. The monoisotopic (exact) mass is 337 g/mol. The van der Waals surface area contributed by atoms with Gasteiger partial charge >= 0.3 is 0 Å². The number of hydrogen-bond donors (Lipinski definition) is 0. The molecule has 0 spiro atoms. The summed E-state index contributed by atoms with van der Waals surface area (Å²) in [7, 11) is 0. The van der Waals surface area contributed by atoms with Gasteiger partial charge in [0.25, 0.3) is 0 Å². The Kier molecular flexibility index (Phi) is 4.26. The molecule has 2 aliphatic heterocycles. The lowest BCUT2D eigenvalue weighted by Gasteiger charge is -2.32. The topological polar surface area (TPSA) is 63.5 Å². The van der Waals surface area contributed by atoms with Crippen LogP contribution in [0.3, 0.4) is 0 Å². The van der Waals surface area contributed by atoms with Crippen molar-refractivity contribution in [3.05, 3.63) is 11.6 Å². The first kappa shape index (κ1) is 16.0. The standard InChI is InChI=1S/C16H24FN5O2/c1-11-18-19-15(22(11)13-2-3-13)10-21-9-12(17)8-14(21)16(23)20-4-6-24-7-5-20/h12-14H,2-10H2,1H3/t12-,14+/m1/s1. The fraction of sp³-hybridized carbons (Fsp3) is 0.812. The van der Waals surface area contributed by atoms with Gasteiger partial charge in [-0.15, -0.1) is 10.2 Å². The molecule has 1 aromatic heterocycles. The highest BCUT2D eigenvalue weighted by molar-refractivity contribution is 5.82. The summed E-state index contributed by atoms with van der Waals surface area (Å²) in [6.45, 7) is 5.04. The largest absolute Gasteiger partial charge is 0.378 e. The van der Waals surface area contributed by atoms with Crippen LogP contribution < -0.4 is 0 Å². The maximum atomic E-state index is 14.1. The fourth-order valence-electron chi connectivity index (χ4n) is 3.78. The molecule has 3 aliphatic rings. The second-order valence-electron chi connectivity index (χ2n) is 6.98. The van der Waals surface area contributed by atoms with E-state index in [0.29, 0.717) is 38.9 Å². The fourth-order valence-corrected chi connectivity index (χ4v) is 3.78. The van der Waals surface area contributed by atoms with Crippen molar-refractivity contribution in [1.29, 1.82) is 0 Å². The molecule has 7 nitrogen and oxygen atoms in total. The predicted octanol–water partition coefficient (Wildman–Crippen LogP) is 0.693. The number of halogens is 1. The highest BCUT2D eigenvalue weighted by Gasteiger charge is 2.40. The zero-order valence-electron chi connectivity index (χ0n) is 14.0. The summed E-state index contributed by atoms with van der Waals surface area (Å²) in [5, 5.41) is 8.46. The molecule has 2 saturated heterocycles. The average Bonchev–Trinajstić information content (AvgIpc) is 3.26. The third kappa shape index (κ3) is 3.04. The summed E-state index contributed by atoms with van der Waals surface area (Å²) in [6, 6.07) is 0.0786. The third-order valence-corrected chi connectivity index (χ3v) is 5.15. The summed E-state index contributed by atoms with van der Waals surface area (Å²) in [5.74, 6) is 1.77. The van der Waals surface area contributed by atoms with Crippen LogP contribution in [0, 0.1) is 6.92 Å². The summed E-state index contributed by atoms with van der Waals surface area (Å²) >= 11 is 0. The second kappa shape index (κ2) is 6.40. The lowest BCUT2D eigenvalue weighted by atomic mass is 10.1. The first-order valence-corrected chi connectivity index (χ1v) is 8.78. The molecule has 0 unspecified atom stereocenters. The van der Waals surface area contributed by atoms with E-state index in [1.807, 2.05) is 11.8 Å². The van der Waals surface area contributed by atoms with Gasteiger partial charge in [0.2, 0.25) is 5.91 Å². The van der Waals surface area contributed by atoms with Gasteiger partial charge in [-0.1, -0.05) is 0 Å². The van der Waals surface area contributed by atoms with E-state index in [1.165, 1.54) is 0 Å². The van der Waals surface area contributed by atoms with Crippen molar-refractivity contribution in [2.75, 3.05) is 32.8 Å². The average molecular weight is 337 g/mol. The minimum absolute atomic E-state index is 0.0210. The normalized spacial score (nSPS) is 28.5. The van der Waals surface area contributed by atoms with E-state index in [1.54, 1.807) is 4.90 Å². The summed E-state index contributed by atoms with van der Waals surface area (Å²) < 4.78 is 21.5. The zero-order chi connectivity index (χ0) is 16.7. The number of aryl methyl sites for hydroxylation is 1. The van der Waals surface area contributed by atoms with Crippen LogP contribution in [-0.2, 0) is 16.1 Å². The third-order valence-electron chi connectivity index (χ3n) is 5.15. The number of aromatic nitrogens is 3. The maximum Gasteiger partial charge on any atom is 0.240 e. The first-order chi connectivity index (χ1) is 11.6. The SMILES string of the molecule is Cc1nnc(CN2C[C@H](F)C[C@H]2C(=O)N2CCOCC2)n1C1CC1. The molecule has 2 atom stereocenters. The van der Waals surface area contributed by atoms with Gasteiger partial charge in [-0.05, 0) is 19.8 Å². The van der Waals surface area contributed by atoms with Gasteiger partial charge in [0.15, 0.2) is 0 Å². The number of nitrogens with zero attached hydrogens (tertiary/aromatic N) is 5. The van der Waals surface area contributed by atoms with E-state index in [-0.39, 0.29) is 18.9 Å². The molecular formula is C16H24FN5O2. The Labute approximate surface area is 140 Å². The number of rotatable bonds is 4. The maximum absolute atomic E-state index is 14.1. The zero-order valence-corrected chi connectivity index (χ0v) is 14.0. The Morgan fingerprint density at radius 3 is 2.75 bits per heavy atom. The van der Waals surface area contributed by atoms with E-state index in [9.17, 15) is 9.18 Å². The molecule has 0 radical (unpaired) electrons. The van der Waals surface area contributed by atoms with Gasteiger partial charge < -0.3 is 14.2 Å². The number of morpholine rings is 1. The number of likely N-dealkylation sites (tertiary alicyclic amines) is 1. The van der Waals surface area contributed by atoms with E-state index < -0.39 is 12.2 Å². The quantitative estimate of drug-likeness (QED) is 0.809. The van der Waals surface area contributed by atoms with Crippen LogP contribution in [0.1, 0.15) is 37.0 Å².